The first-order valence-corrected chi connectivity index (χ1v) is 6.22. The Bertz CT molecular complexity index is 458. The second-order valence-electron chi connectivity index (χ2n) is 2.97. The van der Waals surface area contributed by atoms with Crippen LogP contribution in [0.15, 0.2) is 27.2 Å². The highest BCUT2D eigenvalue weighted by Gasteiger charge is 2.10. The van der Waals surface area contributed by atoms with Crippen molar-refractivity contribution in [2.45, 2.75) is 4.90 Å². The zero-order chi connectivity index (χ0) is 12.8. The highest BCUT2D eigenvalue weighted by atomic mass is 35.5. The van der Waals surface area contributed by atoms with E-state index in [-0.39, 0.29) is 5.96 Å². The molecule has 0 saturated heterocycles. The molecule has 17 heavy (non-hydrogen) atoms. The zero-order valence-electron chi connectivity index (χ0n) is 9.48. The zero-order valence-corrected chi connectivity index (χ0v) is 11.0. The molecule has 0 aliphatic heterocycles. The molecule has 0 aliphatic carbocycles. The van der Waals surface area contributed by atoms with Crippen molar-refractivity contribution in [2.75, 3.05) is 13.4 Å². The Morgan fingerprint density at radius 2 is 2.18 bits per heavy atom. The van der Waals surface area contributed by atoms with Crippen molar-refractivity contribution in [3.05, 3.63) is 22.7 Å². The van der Waals surface area contributed by atoms with Gasteiger partial charge in [0, 0.05) is 5.56 Å². The molecule has 1 aromatic rings. The van der Waals surface area contributed by atoms with Gasteiger partial charge in [-0.15, -0.1) is 16.9 Å². The van der Waals surface area contributed by atoms with E-state index < -0.39 is 0 Å². The molecule has 0 amide bonds. The van der Waals surface area contributed by atoms with Gasteiger partial charge in [-0.3, -0.25) is 0 Å². The minimum Gasteiger partial charge on any atom is -0.494 e. The Morgan fingerprint density at radius 1 is 1.47 bits per heavy atom. The van der Waals surface area contributed by atoms with Crippen molar-refractivity contribution in [3.63, 3.8) is 0 Å². The summed E-state index contributed by atoms with van der Waals surface area (Å²) in [4.78, 5) is 0.955. The quantitative estimate of drug-likeness (QED) is 0.378. The average molecular weight is 273 g/mol. The van der Waals surface area contributed by atoms with Crippen molar-refractivity contribution in [1.82, 2.24) is 0 Å². The fourth-order valence-electron chi connectivity index (χ4n) is 1.16. The van der Waals surface area contributed by atoms with Crippen molar-refractivity contribution < 1.29 is 4.74 Å². The maximum Gasteiger partial charge on any atom is 0.211 e. The molecule has 1 rings (SSSR count). The Morgan fingerprint density at radius 3 is 2.71 bits per heavy atom. The van der Waals surface area contributed by atoms with Gasteiger partial charge in [0.2, 0.25) is 5.96 Å². The standard InChI is InChI=1S/C10H13ClN4OS/c1-16-9-7(17-2)4-3-6(8(9)11)5-14-15-10(12)13/h3-5H,1-2H3,(H4,12,13,15). The monoisotopic (exact) mass is 272 g/mol. The first-order valence-electron chi connectivity index (χ1n) is 4.62. The van der Waals surface area contributed by atoms with Crippen LogP contribution in [0.2, 0.25) is 5.02 Å². The van der Waals surface area contributed by atoms with Crippen molar-refractivity contribution >= 4 is 35.5 Å². The molecule has 5 nitrogen and oxygen atoms in total. The summed E-state index contributed by atoms with van der Waals surface area (Å²) in [7, 11) is 1.57. The number of thioether (sulfide) groups is 1. The van der Waals surface area contributed by atoms with Gasteiger partial charge in [-0.25, -0.2) is 0 Å². The van der Waals surface area contributed by atoms with Gasteiger partial charge < -0.3 is 16.2 Å². The second kappa shape index (κ2) is 6.36. The molecular weight excluding hydrogens is 260 g/mol. The topological polar surface area (TPSA) is 86.0 Å². The lowest BCUT2D eigenvalue weighted by Gasteiger charge is -2.09. The molecule has 7 heteroatoms. The molecule has 4 N–H and O–H groups in total. The summed E-state index contributed by atoms with van der Waals surface area (Å²) in [5.74, 6) is 0.512. The average Bonchev–Trinajstić information content (AvgIpc) is 2.30. The minimum absolute atomic E-state index is 0.106. The molecule has 0 atom stereocenters. The first-order chi connectivity index (χ1) is 8.10. The molecule has 92 valence electrons. The summed E-state index contributed by atoms with van der Waals surface area (Å²) >= 11 is 7.72. The molecule has 0 fully saturated rings. The number of ether oxygens (including phenoxy) is 1. The molecule has 0 unspecified atom stereocenters. The first kappa shape index (κ1) is 13.7. The van der Waals surface area contributed by atoms with E-state index in [0.29, 0.717) is 16.3 Å². The van der Waals surface area contributed by atoms with Crippen LogP contribution in [0.25, 0.3) is 0 Å². The number of hydrogen-bond donors (Lipinski definition) is 2. The Labute approximate surface area is 109 Å². The van der Waals surface area contributed by atoms with E-state index in [1.54, 1.807) is 18.9 Å². The molecule has 1 aromatic carbocycles. The highest BCUT2D eigenvalue weighted by molar-refractivity contribution is 7.98. The Hall–Kier alpha value is -1.40. The van der Waals surface area contributed by atoms with Crippen LogP contribution in [0.5, 0.6) is 5.75 Å². The van der Waals surface area contributed by atoms with Crippen molar-refractivity contribution in [3.8, 4) is 5.75 Å². The maximum atomic E-state index is 6.17. The van der Waals surface area contributed by atoms with E-state index in [4.69, 9.17) is 27.8 Å². The van der Waals surface area contributed by atoms with Crippen LogP contribution in [0, 0.1) is 0 Å². The van der Waals surface area contributed by atoms with Gasteiger partial charge >= 0.3 is 0 Å². The summed E-state index contributed by atoms with van der Waals surface area (Å²) < 4.78 is 5.24. The molecule has 0 aliphatic rings. The van der Waals surface area contributed by atoms with E-state index >= 15 is 0 Å². The number of guanidine groups is 1. The largest absolute Gasteiger partial charge is 0.494 e. The smallest absolute Gasteiger partial charge is 0.211 e. The van der Waals surface area contributed by atoms with Crippen LogP contribution in [0.3, 0.4) is 0 Å². The molecule has 0 aromatic heterocycles. The fourth-order valence-corrected chi connectivity index (χ4v) is 2.08. The van der Waals surface area contributed by atoms with E-state index in [1.807, 2.05) is 18.4 Å². The lowest BCUT2D eigenvalue weighted by atomic mass is 10.2. The Balaban J connectivity index is 3.11. The van der Waals surface area contributed by atoms with Crippen LogP contribution in [0.1, 0.15) is 5.56 Å². The lowest BCUT2D eigenvalue weighted by Crippen LogP contribution is -2.21. The van der Waals surface area contributed by atoms with Gasteiger partial charge in [-0.1, -0.05) is 17.7 Å². The number of nitrogens with two attached hydrogens (primary N) is 2. The molecular formula is C10H13ClN4OS. The molecule has 0 spiro atoms. The van der Waals surface area contributed by atoms with E-state index in [9.17, 15) is 0 Å². The van der Waals surface area contributed by atoms with Crippen LogP contribution in [-0.4, -0.2) is 25.5 Å². The third-order valence-corrected chi connectivity index (χ3v) is 3.04. The Kier molecular flexibility index (Phi) is 5.11. The summed E-state index contributed by atoms with van der Waals surface area (Å²) in [6.45, 7) is 0. The molecule has 0 radical (unpaired) electrons. The van der Waals surface area contributed by atoms with E-state index in [2.05, 4.69) is 10.2 Å². The molecule has 0 bridgehead atoms. The van der Waals surface area contributed by atoms with Gasteiger partial charge in [-0.05, 0) is 12.3 Å². The maximum absolute atomic E-state index is 6.17. The predicted octanol–water partition coefficient (Wildman–Crippen LogP) is 1.68. The SMILES string of the molecule is COc1c(SC)ccc(C=NN=C(N)N)c1Cl. The number of hydrogen-bond acceptors (Lipinski definition) is 4. The van der Waals surface area contributed by atoms with Crippen LogP contribution >= 0.6 is 23.4 Å². The highest BCUT2D eigenvalue weighted by Crippen LogP contribution is 2.36. The van der Waals surface area contributed by atoms with Gasteiger partial charge in [0.15, 0.2) is 5.75 Å². The number of rotatable bonds is 4. The predicted molar refractivity (Wildman–Crippen MR) is 73.2 cm³/mol. The van der Waals surface area contributed by atoms with Crippen LogP contribution in [0.4, 0.5) is 0 Å². The fraction of sp³-hybridized carbons (Fsp3) is 0.200. The van der Waals surface area contributed by atoms with Crippen LogP contribution < -0.4 is 16.2 Å². The van der Waals surface area contributed by atoms with Crippen LogP contribution in [-0.2, 0) is 0 Å². The van der Waals surface area contributed by atoms with Gasteiger partial charge in [0.25, 0.3) is 0 Å². The minimum atomic E-state index is -0.106. The molecule has 0 heterocycles. The van der Waals surface area contributed by atoms with Gasteiger partial charge in [0.1, 0.15) is 0 Å². The van der Waals surface area contributed by atoms with Gasteiger partial charge in [-0.2, -0.15) is 5.10 Å². The summed E-state index contributed by atoms with van der Waals surface area (Å²) in [6.07, 6.45) is 3.41. The lowest BCUT2D eigenvalue weighted by molar-refractivity contribution is 0.405. The van der Waals surface area contributed by atoms with Crippen molar-refractivity contribution in [1.29, 1.82) is 0 Å². The number of methoxy groups -OCH3 is 1. The van der Waals surface area contributed by atoms with Crippen molar-refractivity contribution in [2.24, 2.45) is 21.7 Å². The third kappa shape index (κ3) is 3.54. The van der Waals surface area contributed by atoms with E-state index in [1.165, 1.54) is 6.21 Å². The molecule has 0 saturated carbocycles. The van der Waals surface area contributed by atoms with E-state index in [0.717, 1.165) is 4.90 Å². The summed E-state index contributed by atoms with van der Waals surface area (Å²) in [5, 5.41) is 7.68. The summed E-state index contributed by atoms with van der Waals surface area (Å²) in [5.41, 5.74) is 11.0. The van der Waals surface area contributed by atoms with Gasteiger partial charge in [0.05, 0.1) is 23.2 Å². The second-order valence-corrected chi connectivity index (χ2v) is 4.20. The summed E-state index contributed by atoms with van der Waals surface area (Å²) in [6, 6.07) is 3.72. The normalized spacial score (nSPS) is 10.5. The number of halogens is 1. The third-order valence-electron chi connectivity index (χ3n) is 1.88. The number of nitrogens with zero attached hydrogens (tertiary/aromatic N) is 2. The number of benzene rings is 1.